The second kappa shape index (κ2) is 4.32. The normalized spacial score (nSPS) is 10.4. The van der Waals surface area contributed by atoms with E-state index in [4.69, 9.17) is 23.2 Å². The smallest absolute Gasteiger partial charge is 0.141 e. The first-order chi connectivity index (χ1) is 7.56. The maximum atomic E-state index is 9.72. The van der Waals surface area contributed by atoms with Gasteiger partial charge >= 0.3 is 0 Å². The lowest BCUT2D eigenvalue weighted by Crippen LogP contribution is -1.87. The summed E-state index contributed by atoms with van der Waals surface area (Å²) in [6.45, 7) is 1.86. The number of benzene rings is 1. The summed E-state index contributed by atoms with van der Waals surface area (Å²) >= 11 is 11.8. The van der Waals surface area contributed by atoms with Crippen LogP contribution in [0.5, 0.6) is 5.75 Å². The molecule has 0 aliphatic heterocycles. The summed E-state index contributed by atoms with van der Waals surface area (Å²) in [5.74, 6) is 0.115. The number of halogens is 2. The Bertz CT molecular complexity index is 520. The van der Waals surface area contributed by atoms with E-state index in [0.717, 1.165) is 5.69 Å². The Morgan fingerprint density at radius 2 is 1.69 bits per heavy atom. The van der Waals surface area contributed by atoms with E-state index in [0.29, 0.717) is 21.3 Å². The van der Waals surface area contributed by atoms with Crippen LogP contribution >= 0.6 is 23.2 Å². The lowest BCUT2D eigenvalue weighted by Gasteiger charge is -2.06. The molecule has 1 aromatic heterocycles. The predicted molar refractivity (Wildman–Crippen MR) is 66.1 cm³/mol. The minimum atomic E-state index is 0.115. The van der Waals surface area contributed by atoms with Gasteiger partial charge in [-0.05, 0) is 37.3 Å². The molecular weight excluding hydrogens is 245 g/mol. The van der Waals surface area contributed by atoms with Gasteiger partial charge in [-0.25, -0.2) is 4.98 Å². The molecular formula is C12H9Cl2NO. The summed E-state index contributed by atoms with van der Waals surface area (Å²) < 4.78 is 0. The van der Waals surface area contributed by atoms with Crippen LogP contribution in [0.2, 0.25) is 10.0 Å². The summed E-state index contributed by atoms with van der Waals surface area (Å²) in [5.41, 5.74) is 2.02. The van der Waals surface area contributed by atoms with Gasteiger partial charge in [0.1, 0.15) is 11.4 Å². The molecule has 0 fully saturated rings. The zero-order valence-corrected chi connectivity index (χ0v) is 10.0. The second-order valence-corrected chi connectivity index (χ2v) is 4.35. The van der Waals surface area contributed by atoms with Crippen LogP contribution < -0.4 is 0 Å². The topological polar surface area (TPSA) is 33.1 Å². The maximum absolute atomic E-state index is 9.72. The third-order valence-electron chi connectivity index (χ3n) is 2.15. The van der Waals surface area contributed by atoms with Gasteiger partial charge in [0.05, 0.1) is 0 Å². The van der Waals surface area contributed by atoms with Crippen LogP contribution in [0.1, 0.15) is 5.69 Å². The molecule has 2 rings (SSSR count). The van der Waals surface area contributed by atoms with E-state index in [1.165, 1.54) is 0 Å². The number of aromatic hydroxyl groups is 1. The molecule has 0 aliphatic carbocycles. The van der Waals surface area contributed by atoms with Gasteiger partial charge in [-0.2, -0.15) is 0 Å². The van der Waals surface area contributed by atoms with Crippen molar-refractivity contribution in [3.05, 3.63) is 46.1 Å². The fourth-order valence-electron chi connectivity index (χ4n) is 1.45. The van der Waals surface area contributed by atoms with Crippen LogP contribution in [-0.4, -0.2) is 10.1 Å². The van der Waals surface area contributed by atoms with E-state index < -0.39 is 0 Å². The van der Waals surface area contributed by atoms with Gasteiger partial charge in [0.25, 0.3) is 0 Å². The van der Waals surface area contributed by atoms with Crippen molar-refractivity contribution in [3.8, 4) is 17.0 Å². The third-order valence-corrected chi connectivity index (χ3v) is 2.59. The van der Waals surface area contributed by atoms with E-state index in [2.05, 4.69) is 4.98 Å². The Kier molecular flexibility index (Phi) is 3.03. The van der Waals surface area contributed by atoms with Crippen LogP contribution in [-0.2, 0) is 0 Å². The molecule has 0 atom stereocenters. The average molecular weight is 254 g/mol. The number of nitrogens with zero attached hydrogens (tertiary/aromatic N) is 1. The summed E-state index contributed by atoms with van der Waals surface area (Å²) in [4.78, 5) is 4.26. The monoisotopic (exact) mass is 253 g/mol. The molecule has 1 N–H and O–H groups in total. The molecule has 0 saturated carbocycles. The highest BCUT2D eigenvalue weighted by Gasteiger charge is 2.08. The van der Waals surface area contributed by atoms with Crippen molar-refractivity contribution in [1.82, 2.24) is 4.98 Å². The Labute approximate surface area is 103 Å². The van der Waals surface area contributed by atoms with Crippen molar-refractivity contribution < 1.29 is 5.11 Å². The van der Waals surface area contributed by atoms with Gasteiger partial charge in [-0.15, -0.1) is 0 Å². The molecule has 0 unspecified atom stereocenters. The molecule has 82 valence electrons. The van der Waals surface area contributed by atoms with Crippen molar-refractivity contribution in [2.24, 2.45) is 0 Å². The molecule has 0 saturated heterocycles. The minimum Gasteiger partial charge on any atom is -0.506 e. The largest absolute Gasteiger partial charge is 0.506 e. The number of rotatable bonds is 1. The molecule has 1 aromatic carbocycles. The molecule has 0 bridgehead atoms. The standard InChI is InChI=1S/C12H9Cl2NO/c1-7-2-3-11(16)12(15-7)8-4-9(13)6-10(14)5-8/h2-6,16H,1H3. The third kappa shape index (κ3) is 2.29. The Morgan fingerprint density at radius 3 is 2.31 bits per heavy atom. The fraction of sp³-hybridized carbons (Fsp3) is 0.0833. The van der Waals surface area contributed by atoms with Crippen LogP contribution in [0.3, 0.4) is 0 Å². The van der Waals surface area contributed by atoms with E-state index in [-0.39, 0.29) is 5.75 Å². The van der Waals surface area contributed by atoms with Gasteiger partial charge in [0.15, 0.2) is 0 Å². The first kappa shape index (κ1) is 11.2. The zero-order chi connectivity index (χ0) is 11.7. The first-order valence-electron chi connectivity index (χ1n) is 4.69. The van der Waals surface area contributed by atoms with Crippen LogP contribution in [0.4, 0.5) is 0 Å². The highest BCUT2D eigenvalue weighted by molar-refractivity contribution is 6.35. The lowest BCUT2D eigenvalue weighted by atomic mass is 10.1. The van der Waals surface area contributed by atoms with Crippen LogP contribution in [0, 0.1) is 6.92 Å². The van der Waals surface area contributed by atoms with Crippen molar-refractivity contribution in [2.75, 3.05) is 0 Å². The summed E-state index contributed by atoms with van der Waals surface area (Å²) in [7, 11) is 0. The SMILES string of the molecule is Cc1ccc(O)c(-c2cc(Cl)cc(Cl)c2)n1. The van der Waals surface area contributed by atoms with Gasteiger partial charge < -0.3 is 5.11 Å². The second-order valence-electron chi connectivity index (χ2n) is 3.48. The van der Waals surface area contributed by atoms with E-state index >= 15 is 0 Å². The molecule has 16 heavy (non-hydrogen) atoms. The number of pyridine rings is 1. The number of aromatic nitrogens is 1. The maximum Gasteiger partial charge on any atom is 0.141 e. The van der Waals surface area contributed by atoms with Gasteiger partial charge in [0.2, 0.25) is 0 Å². The molecule has 0 amide bonds. The van der Waals surface area contributed by atoms with Crippen LogP contribution in [0.25, 0.3) is 11.3 Å². The summed E-state index contributed by atoms with van der Waals surface area (Å²) in [5, 5.41) is 10.8. The number of hydrogen-bond acceptors (Lipinski definition) is 2. The Hall–Kier alpha value is -1.25. The van der Waals surface area contributed by atoms with E-state index in [9.17, 15) is 5.11 Å². The number of hydrogen-bond donors (Lipinski definition) is 1. The molecule has 0 spiro atoms. The summed E-state index contributed by atoms with van der Waals surface area (Å²) in [6.07, 6.45) is 0. The summed E-state index contributed by atoms with van der Waals surface area (Å²) in [6, 6.07) is 8.42. The Morgan fingerprint density at radius 1 is 1.06 bits per heavy atom. The van der Waals surface area contributed by atoms with Crippen molar-refractivity contribution in [2.45, 2.75) is 6.92 Å². The molecule has 0 aliphatic rings. The first-order valence-corrected chi connectivity index (χ1v) is 5.45. The minimum absolute atomic E-state index is 0.115. The van der Waals surface area contributed by atoms with E-state index in [1.807, 2.05) is 6.92 Å². The molecule has 0 radical (unpaired) electrons. The van der Waals surface area contributed by atoms with Gasteiger partial charge in [-0.1, -0.05) is 23.2 Å². The molecule has 1 heterocycles. The fourth-order valence-corrected chi connectivity index (χ4v) is 1.98. The molecule has 4 heteroatoms. The lowest BCUT2D eigenvalue weighted by molar-refractivity contribution is 0.474. The van der Waals surface area contributed by atoms with Gasteiger partial charge in [0, 0.05) is 21.3 Å². The van der Waals surface area contributed by atoms with Crippen LogP contribution in [0.15, 0.2) is 30.3 Å². The van der Waals surface area contributed by atoms with Crippen molar-refractivity contribution >= 4 is 23.2 Å². The highest BCUT2D eigenvalue weighted by atomic mass is 35.5. The zero-order valence-electron chi connectivity index (χ0n) is 8.54. The average Bonchev–Trinajstić information content (AvgIpc) is 2.20. The van der Waals surface area contributed by atoms with Gasteiger partial charge in [-0.3, -0.25) is 0 Å². The van der Waals surface area contributed by atoms with Crippen molar-refractivity contribution in [1.29, 1.82) is 0 Å². The molecule has 2 nitrogen and oxygen atoms in total. The predicted octanol–water partition coefficient (Wildman–Crippen LogP) is 4.07. The number of aryl methyl sites for hydroxylation is 1. The van der Waals surface area contributed by atoms with Crippen molar-refractivity contribution in [3.63, 3.8) is 0 Å². The quantitative estimate of drug-likeness (QED) is 0.832. The Balaban J connectivity index is 2.62. The molecule has 2 aromatic rings. The highest BCUT2D eigenvalue weighted by Crippen LogP contribution is 2.31. The van der Waals surface area contributed by atoms with E-state index in [1.54, 1.807) is 30.3 Å².